The normalized spacial score (nSPS) is 14.1. The van der Waals surface area contributed by atoms with Gasteiger partial charge in [0.05, 0.1) is 25.1 Å². The van der Waals surface area contributed by atoms with E-state index in [4.69, 9.17) is 11.3 Å². The molecule has 186 valence electrons. The molecule has 0 atom stereocenters. The quantitative estimate of drug-likeness (QED) is 0.313. The number of anilines is 4. The van der Waals surface area contributed by atoms with E-state index in [9.17, 15) is 0 Å². The molecule has 1 aliphatic heterocycles. The highest BCUT2D eigenvalue weighted by molar-refractivity contribution is 5.79. The van der Waals surface area contributed by atoms with Gasteiger partial charge < -0.3 is 20.3 Å². The van der Waals surface area contributed by atoms with Crippen molar-refractivity contribution in [2.45, 2.75) is 18.8 Å². The zero-order valence-electron chi connectivity index (χ0n) is 20.8. The third-order valence-electron chi connectivity index (χ3n) is 6.51. The lowest BCUT2D eigenvalue weighted by Crippen LogP contribution is -2.29. The van der Waals surface area contributed by atoms with Crippen molar-refractivity contribution < 1.29 is 4.74 Å². The number of hydrogen-bond donors (Lipinski definition) is 2. The van der Waals surface area contributed by atoms with Crippen molar-refractivity contribution in [3.63, 3.8) is 0 Å². The number of hydrogen-bond acceptors (Lipinski definition) is 8. The Balaban J connectivity index is 1.40. The van der Waals surface area contributed by atoms with Crippen LogP contribution >= 0.6 is 0 Å². The van der Waals surface area contributed by atoms with Crippen molar-refractivity contribution in [1.82, 2.24) is 24.8 Å². The van der Waals surface area contributed by atoms with E-state index in [1.54, 1.807) is 19.5 Å². The van der Waals surface area contributed by atoms with Crippen LogP contribution < -0.4 is 15.4 Å². The van der Waals surface area contributed by atoms with E-state index in [2.05, 4.69) is 53.4 Å². The molecule has 0 unspecified atom stereocenters. The third-order valence-corrected chi connectivity index (χ3v) is 6.51. The van der Waals surface area contributed by atoms with Crippen LogP contribution in [0.5, 0.6) is 5.75 Å². The summed E-state index contributed by atoms with van der Waals surface area (Å²) in [6.07, 6.45) is 7.17. The van der Waals surface area contributed by atoms with Crippen LogP contribution in [0.2, 0.25) is 0 Å². The van der Waals surface area contributed by atoms with E-state index < -0.39 is 0 Å². The second-order valence-electron chi connectivity index (χ2n) is 8.94. The molecule has 1 aliphatic rings. The maximum atomic E-state index is 7.58. The van der Waals surface area contributed by atoms with Gasteiger partial charge in [-0.2, -0.15) is 0 Å². The number of aromatic nitrogens is 4. The lowest BCUT2D eigenvalue weighted by Gasteiger charge is -2.30. The Kier molecular flexibility index (Phi) is 7.19. The van der Waals surface area contributed by atoms with Gasteiger partial charge in [0, 0.05) is 30.3 Å². The molecule has 9 heteroatoms. The third kappa shape index (κ3) is 5.50. The Morgan fingerprint density at radius 1 is 1.00 bits per heavy atom. The minimum Gasteiger partial charge on any atom is -0.496 e. The number of piperidine rings is 1. The molecule has 4 heterocycles. The van der Waals surface area contributed by atoms with Crippen molar-refractivity contribution in [1.29, 1.82) is 0 Å². The fraction of sp³-hybridized carbons (Fsp3) is 0.250. The highest BCUT2D eigenvalue weighted by Crippen LogP contribution is 2.36. The predicted molar refractivity (Wildman–Crippen MR) is 145 cm³/mol. The number of nitrogens with zero attached hydrogens (tertiary/aromatic N) is 6. The number of rotatable bonds is 7. The zero-order valence-corrected chi connectivity index (χ0v) is 20.8. The molecule has 1 fully saturated rings. The lowest BCUT2D eigenvalue weighted by atomic mass is 9.89. The summed E-state index contributed by atoms with van der Waals surface area (Å²) in [5.74, 6) is 2.09. The van der Waals surface area contributed by atoms with E-state index in [0.29, 0.717) is 34.8 Å². The number of pyridine rings is 2. The largest absolute Gasteiger partial charge is 0.496 e. The number of methoxy groups -OCH3 is 1. The molecule has 0 saturated carbocycles. The van der Waals surface area contributed by atoms with Crippen molar-refractivity contribution >= 4 is 28.8 Å². The molecule has 4 aromatic rings. The maximum absolute atomic E-state index is 7.58. The van der Waals surface area contributed by atoms with Gasteiger partial charge in [0.1, 0.15) is 17.3 Å². The van der Waals surface area contributed by atoms with Crippen molar-refractivity contribution in [2.75, 3.05) is 37.9 Å². The van der Waals surface area contributed by atoms with Gasteiger partial charge in [0.15, 0.2) is 0 Å². The molecular weight excluding hydrogens is 464 g/mol. The van der Waals surface area contributed by atoms with Crippen LogP contribution in [0.1, 0.15) is 24.3 Å². The second kappa shape index (κ2) is 11.0. The van der Waals surface area contributed by atoms with E-state index in [1.165, 1.54) is 11.8 Å². The fourth-order valence-corrected chi connectivity index (χ4v) is 4.53. The first kappa shape index (κ1) is 24.2. The monoisotopic (exact) mass is 492 g/mol. The first-order valence-electron chi connectivity index (χ1n) is 12.2. The SMILES string of the molecule is [C-]#[N+]c1cnc(Nc2ccc(C3CCN(C)CC3)c(OC)c2)nc1Nc1cccnc1-c1ccccn1. The van der Waals surface area contributed by atoms with Gasteiger partial charge in [-0.15, -0.1) is 0 Å². The molecule has 9 nitrogen and oxygen atoms in total. The van der Waals surface area contributed by atoms with E-state index >= 15 is 0 Å². The molecule has 2 N–H and O–H groups in total. The van der Waals surface area contributed by atoms with Crippen LogP contribution in [0.25, 0.3) is 16.2 Å². The van der Waals surface area contributed by atoms with E-state index in [1.807, 2.05) is 42.5 Å². The molecule has 1 aromatic carbocycles. The van der Waals surface area contributed by atoms with Crippen LogP contribution in [0, 0.1) is 6.57 Å². The molecule has 37 heavy (non-hydrogen) atoms. The second-order valence-corrected chi connectivity index (χ2v) is 8.94. The molecule has 3 aromatic heterocycles. The maximum Gasteiger partial charge on any atom is 0.246 e. The van der Waals surface area contributed by atoms with Gasteiger partial charge in [0.2, 0.25) is 11.6 Å². The molecule has 1 saturated heterocycles. The van der Waals surface area contributed by atoms with Gasteiger partial charge in [-0.25, -0.2) is 14.8 Å². The van der Waals surface area contributed by atoms with Gasteiger partial charge >= 0.3 is 0 Å². The van der Waals surface area contributed by atoms with Gasteiger partial charge in [0.25, 0.3) is 0 Å². The number of benzene rings is 1. The summed E-state index contributed by atoms with van der Waals surface area (Å²) in [5.41, 5.74) is 4.43. The van der Waals surface area contributed by atoms with Crippen LogP contribution in [-0.4, -0.2) is 52.1 Å². The Bertz CT molecular complexity index is 1410. The minimum absolute atomic E-state index is 0.302. The van der Waals surface area contributed by atoms with E-state index in [-0.39, 0.29) is 0 Å². The average Bonchev–Trinajstić information content (AvgIpc) is 2.94. The fourth-order valence-electron chi connectivity index (χ4n) is 4.53. The van der Waals surface area contributed by atoms with Gasteiger partial charge in [-0.1, -0.05) is 12.1 Å². The molecule has 0 bridgehead atoms. The van der Waals surface area contributed by atoms with Gasteiger partial charge in [-0.05, 0) is 74.8 Å². The predicted octanol–water partition coefficient (Wildman–Crippen LogP) is 5.79. The van der Waals surface area contributed by atoms with Crippen LogP contribution in [-0.2, 0) is 0 Å². The van der Waals surface area contributed by atoms with Crippen molar-refractivity contribution in [2.24, 2.45) is 0 Å². The molecule has 5 rings (SSSR count). The summed E-state index contributed by atoms with van der Waals surface area (Å²) in [6, 6.07) is 15.5. The van der Waals surface area contributed by atoms with Crippen LogP contribution in [0.3, 0.4) is 0 Å². The van der Waals surface area contributed by atoms with E-state index in [0.717, 1.165) is 43.1 Å². The first-order valence-corrected chi connectivity index (χ1v) is 12.2. The summed E-state index contributed by atoms with van der Waals surface area (Å²) >= 11 is 0. The Labute approximate surface area is 216 Å². The highest BCUT2D eigenvalue weighted by atomic mass is 16.5. The van der Waals surface area contributed by atoms with Crippen LogP contribution in [0.4, 0.5) is 28.8 Å². The first-order chi connectivity index (χ1) is 18.1. The van der Waals surface area contributed by atoms with Crippen LogP contribution in [0.15, 0.2) is 67.1 Å². The highest BCUT2D eigenvalue weighted by Gasteiger charge is 2.22. The minimum atomic E-state index is 0.302. The zero-order chi connectivity index (χ0) is 25.6. The smallest absolute Gasteiger partial charge is 0.246 e. The Morgan fingerprint density at radius 2 is 1.84 bits per heavy atom. The summed E-state index contributed by atoms with van der Waals surface area (Å²) in [7, 11) is 3.87. The summed E-state index contributed by atoms with van der Waals surface area (Å²) in [5, 5.41) is 6.52. The number of nitrogens with one attached hydrogen (secondary N) is 2. The molecular formula is C28H28N8O. The van der Waals surface area contributed by atoms with Crippen molar-refractivity contribution in [3.8, 4) is 17.1 Å². The molecule has 0 amide bonds. The molecule has 0 spiro atoms. The summed E-state index contributed by atoms with van der Waals surface area (Å²) in [6.45, 7) is 9.76. The average molecular weight is 493 g/mol. The van der Waals surface area contributed by atoms with Gasteiger partial charge in [-0.3, -0.25) is 9.97 Å². The number of likely N-dealkylation sites (tertiary alicyclic amines) is 1. The Hall–Kier alpha value is -4.55. The number of ether oxygens (including phenoxy) is 1. The molecule has 0 aliphatic carbocycles. The Morgan fingerprint density at radius 3 is 2.59 bits per heavy atom. The lowest BCUT2D eigenvalue weighted by molar-refractivity contribution is 0.252. The van der Waals surface area contributed by atoms with Crippen molar-refractivity contribution in [3.05, 3.63) is 84.1 Å². The topological polar surface area (TPSA) is 92.5 Å². The summed E-state index contributed by atoms with van der Waals surface area (Å²) < 4.78 is 5.74. The molecule has 0 radical (unpaired) electrons. The summed E-state index contributed by atoms with van der Waals surface area (Å²) in [4.78, 5) is 23.8. The standard InChI is InChI=1S/C28H28N8O/c1-29-24-18-32-28(33-20-9-10-21(25(17-20)37-3)19-11-15-36(2)16-12-19)35-27(24)34-23-8-6-14-31-26(23)22-7-4-5-13-30-22/h4-10,13-14,17-19H,11-12,15-16H2,2-3H3,(H2,32,33,34,35).